The minimum absolute atomic E-state index is 0.183. The van der Waals surface area contributed by atoms with Crippen molar-refractivity contribution in [1.82, 2.24) is 0 Å². The van der Waals surface area contributed by atoms with Gasteiger partial charge >= 0.3 is 0 Å². The number of aliphatic hydroxyl groups excluding tert-OH is 1. The second-order valence-corrected chi connectivity index (χ2v) is 5.37. The Balaban J connectivity index is 2.05. The third kappa shape index (κ3) is 4.53. The van der Waals surface area contributed by atoms with E-state index in [9.17, 15) is 5.11 Å². The topological polar surface area (TPSA) is 46.2 Å². The molecular formula is C17H25NO. The summed E-state index contributed by atoms with van der Waals surface area (Å²) in [4.78, 5) is 0. The molecule has 104 valence electrons. The monoisotopic (exact) mass is 261 g/mol. The molecule has 0 spiro atoms. The van der Waals surface area contributed by atoms with E-state index in [4.69, 9.17) is 8.48 Å². The van der Waals surface area contributed by atoms with E-state index in [0.717, 1.165) is 12.8 Å². The summed E-state index contributed by atoms with van der Waals surface area (Å²) in [6.07, 6.45) is 11.5. The van der Waals surface area contributed by atoms with Crippen LogP contribution in [0.3, 0.4) is 0 Å². The van der Waals surface area contributed by atoms with Crippen molar-refractivity contribution in [1.29, 1.82) is 0 Å². The molecule has 3 atom stereocenters. The van der Waals surface area contributed by atoms with E-state index in [2.05, 4.69) is 11.8 Å². The van der Waals surface area contributed by atoms with Gasteiger partial charge in [-0.3, -0.25) is 0 Å². The Labute approximate surface area is 119 Å². The molecule has 1 fully saturated rings. The molecular weight excluding hydrogens is 234 g/mol. The first-order valence-corrected chi connectivity index (χ1v) is 7.26. The highest BCUT2D eigenvalue weighted by atomic mass is 16.3. The summed E-state index contributed by atoms with van der Waals surface area (Å²) in [6, 6.07) is 0. The van der Waals surface area contributed by atoms with Gasteiger partial charge < -0.3 is 10.8 Å². The second kappa shape index (κ2) is 7.53. The molecule has 19 heavy (non-hydrogen) atoms. The number of hydrogen-bond acceptors (Lipinski definition) is 2. The summed E-state index contributed by atoms with van der Waals surface area (Å²) in [5, 5.41) is 10.0. The van der Waals surface area contributed by atoms with Gasteiger partial charge in [-0.05, 0) is 37.8 Å². The Morgan fingerprint density at radius 3 is 2.95 bits per heavy atom. The van der Waals surface area contributed by atoms with Crippen LogP contribution in [0.25, 0.3) is 0 Å². The molecule has 3 N–H and O–H groups in total. The number of allylic oxidation sites excluding steroid dienone is 2. The van der Waals surface area contributed by atoms with Gasteiger partial charge in [-0.1, -0.05) is 49.3 Å². The highest BCUT2D eigenvalue weighted by Crippen LogP contribution is 2.24. The molecule has 0 aromatic rings. The maximum absolute atomic E-state index is 10.0. The van der Waals surface area contributed by atoms with Crippen molar-refractivity contribution >= 4 is 0 Å². The van der Waals surface area contributed by atoms with Crippen molar-refractivity contribution < 1.29 is 7.85 Å². The summed E-state index contributed by atoms with van der Waals surface area (Å²) in [5.41, 5.74) is 6.07. The van der Waals surface area contributed by atoms with Gasteiger partial charge in [0.15, 0.2) is 0 Å². The molecule has 2 nitrogen and oxygen atoms in total. The number of nitrogens with two attached hydrogens (primary N) is 1. The molecule has 2 rings (SSSR count). The molecule has 0 aromatic carbocycles. The Bertz CT molecular complexity index is 469. The summed E-state index contributed by atoms with van der Waals surface area (Å²) in [6.45, 7) is -0.801. The zero-order chi connectivity index (χ0) is 15.3. The molecule has 0 aromatic heterocycles. The smallest absolute Gasteiger partial charge is 0.0799 e. The molecule has 0 saturated heterocycles. The van der Waals surface area contributed by atoms with Gasteiger partial charge in [-0.2, -0.15) is 0 Å². The van der Waals surface area contributed by atoms with Crippen LogP contribution in [0.1, 0.15) is 47.7 Å². The summed E-state index contributed by atoms with van der Waals surface area (Å²) < 4.78 is 15.8. The number of hydrogen-bond donors (Lipinski definition) is 2. The summed E-state index contributed by atoms with van der Waals surface area (Å²) >= 11 is 0. The third-order valence-electron chi connectivity index (χ3n) is 3.78. The predicted octanol–water partition coefficient (Wildman–Crippen LogP) is 2.78. The van der Waals surface area contributed by atoms with Crippen LogP contribution in [0.15, 0.2) is 23.8 Å². The lowest BCUT2D eigenvalue weighted by atomic mass is 9.88. The molecule has 2 aliphatic rings. The predicted molar refractivity (Wildman–Crippen MR) is 79.4 cm³/mol. The van der Waals surface area contributed by atoms with E-state index in [0.29, 0.717) is 17.9 Å². The molecule has 0 bridgehead atoms. The van der Waals surface area contributed by atoms with Crippen LogP contribution >= 0.6 is 0 Å². The Morgan fingerprint density at radius 1 is 1.42 bits per heavy atom. The number of rotatable bonds is 3. The fourth-order valence-corrected chi connectivity index (χ4v) is 2.63. The quantitative estimate of drug-likeness (QED) is 0.767. The SMILES string of the molecule is [2H]C(N)CC(O)C1=CC([2H])(C#CC2CCCCC2)CC=C1. The molecule has 1 saturated carbocycles. The van der Waals surface area contributed by atoms with Crippen LogP contribution < -0.4 is 5.73 Å². The van der Waals surface area contributed by atoms with Gasteiger partial charge in [-0.15, -0.1) is 0 Å². The van der Waals surface area contributed by atoms with Gasteiger partial charge in [-0.25, -0.2) is 0 Å². The summed E-state index contributed by atoms with van der Waals surface area (Å²) in [5.74, 6) is 5.85. The Hall–Kier alpha value is -1.04. The van der Waals surface area contributed by atoms with Gasteiger partial charge in [0.1, 0.15) is 0 Å². The maximum atomic E-state index is 10.0. The van der Waals surface area contributed by atoms with Gasteiger partial charge in [0.05, 0.1) is 6.10 Å². The van der Waals surface area contributed by atoms with Crippen LogP contribution in [0.4, 0.5) is 0 Å². The molecule has 3 unspecified atom stereocenters. The van der Waals surface area contributed by atoms with E-state index in [1.807, 2.05) is 12.2 Å². The molecule has 0 aliphatic heterocycles. The van der Waals surface area contributed by atoms with E-state index >= 15 is 0 Å². The van der Waals surface area contributed by atoms with Crippen molar-refractivity contribution in [3.8, 4) is 11.8 Å². The summed E-state index contributed by atoms with van der Waals surface area (Å²) in [7, 11) is 0. The van der Waals surface area contributed by atoms with Crippen molar-refractivity contribution in [2.75, 3.05) is 6.52 Å². The van der Waals surface area contributed by atoms with Crippen LogP contribution in [0.5, 0.6) is 0 Å². The minimum atomic E-state index is -0.950. The molecule has 2 heteroatoms. The molecule has 0 heterocycles. The van der Waals surface area contributed by atoms with Crippen LogP contribution in [-0.4, -0.2) is 17.7 Å². The average molecular weight is 261 g/mol. The lowest BCUT2D eigenvalue weighted by Crippen LogP contribution is -2.17. The highest BCUT2D eigenvalue weighted by Gasteiger charge is 2.14. The lowest BCUT2D eigenvalue weighted by Gasteiger charge is -2.18. The maximum Gasteiger partial charge on any atom is 0.0799 e. The van der Waals surface area contributed by atoms with Crippen LogP contribution in [0, 0.1) is 23.7 Å². The standard InChI is InChI=1S/C17H25NO/c18-12-11-17(19)16-8-4-7-15(13-16)10-9-14-5-2-1-3-6-14/h4,8,13-15,17,19H,1-3,5-7,11-12,18H2/i12D,15D. The Morgan fingerprint density at radius 2 is 2.21 bits per heavy atom. The largest absolute Gasteiger partial charge is 0.388 e. The van der Waals surface area contributed by atoms with Gasteiger partial charge in [0, 0.05) is 14.6 Å². The van der Waals surface area contributed by atoms with Crippen molar-refractivity contribution in [3.05, 3.63) is 23.8 Å². The van der Waals surface area contributed by atoms with E-state index in [1.54, 1.807) is 6.08 Å². The third-order valence-corrected chi connectivity index (χ3v) is 3.78. The second-order valence-electron chi connectivity index (χ2n) is 5.37. The first-order valence-electron chi connectivity index (χ1n) is 8.34. The minimum Gasteiger partial charge on any atom is -0.388 e. The Kier molecular flexibility index (Phi) is 4.66. The van der Waals surface area contributed by atoms with Gasteiger partial charge in [0.25, 0.3) is 0 Å². The highest BCUT2D eigenvalue weighted by molar-refractivity contribution is 5.31. The fourth-order valence-electron chi connectivity index (χ4n) is 2.63. The van der Waals surface area contributed by atoms with Crippen molar-refractivity contribution in [2.45, 2.75) is 51.0 Å². The van der Waals surface area contributed by atoms with Crippen LogP contribution in [0.2, 0.25) is 0 Å². The van der Waals surface area contributed by atoms with Crippen LogP contribution in [-0.2, 0) is 0 Å². The van der Waals surface area contributed by atoms with E-state index < -0.39 is 18.5 Å². The molecule has 0 radical (unpaired) electrons. The first-order chi connectivity index (χ1) is 9.98. The lowest BCUT2D eigenvalue weighted by molar-refractivity contribution is 0.206. The van der Waals surface area contributed by atoms with E-state index in [-0.39, 0.29) is 6.42 Å². The van der Waals surface area contributed by atoms with Crippen molar-refractivity contribution in [2.24, 2.45) is 17.5 Å². The zero-order valence-corrected chi connectivity index (χ0v) is 11.4. The van der Waals surface area contributed by atoms with Gasteiger partial charge in [0.2, 0.25) is 0 Å². The van der Waals surface area contributed by atoms with Crippen molar-refractivity contribution in [3.63, 3.8) is 0 Å². The van der Waals surface area contributed by atoms with E-state index in [1.165, 1.54) is 19.3 Å². The number of aliphatic hydroxyl groups is 1. The normalized spacial score (nSPS) is 32.4. The first kappa shape index (κ1) is 11.8. The fraction of sp³-hybridized carbons (Fsp3) is 0.647. The average Bonchev–Trinajstić information content (AvgIpc) is 2.46. The molecule has 2 aliphatic carbocycles. The molecule has 0 amide bonds. The zero-order valence-electron chi connectivity index (χ0n) is 13.4.